The molecule has 32 heavy (non-hydrogen) atoms. The van der Waals surface area contributed by atoms with Crippen LogP contribution in [0.3, 0.4) is 0 Å². The van der Waals surface area contributed by atoms with Gasteiger partial charge in [0.25, 0.3) is 0 Å². The molecule has 2 amide bonds. The zero-order valence-corrected chi connectivity index (χ0v) is 19.4. The number of amides is 2. The van der Waals surface area contributed by atoms with Crippen LogP contribution in [0.2, 0.25) is 0 Å². The molecule has 2 aromatic carbocycles. The highest BCUT2D eigenvalue weighted by Gasteiger charge is 2.25. The van der Waals surface area contributed by atoms with Gasteiger partial charge < -0.3 is 9.80 Å². The summed E-state index contributed by atoms with van der Waals surface area (Å²) in [6.45, 7) is 4.82. The summed E-state index contributed by atoms with van der Waals surface area (Å²) in [5.41, 5.74) is 1.78. The monoisotopic (exact) mass is 452 g/mol. The van der Waals surface area contributed by atoms with E-state index in [9.17, 15) is 14.0 Å². The number of hydrogen-bond acceptors (Lipinski definition) is 3. The number of carbonyl (C=O) groups is 2. The first-order chi connectivity index (χ1) is 15.5. The quantitative estimate of drug-likeness (QED) is 0.420. The number of carbonyl (C=O) groups excluding carboxylic acids is 2. The van der Waals surface area contributed by atoms with Crippen molar-refractivity contribution in [2.45, 2.75) is 45.8 Å². The van der Waals surface area contributed by atoms with Gasteiger partial charge in [-0.3, -0.25) is 9.59 Å². The Hall–Kier alpha value is -2.99. The van der Waals surface area contributed by atoms with E-state index in [1.165, 1.54) is 12.1 Å². The summed E-state index contributed by atoms with van der Waals surface area (Å²) in [6.07, 6.45) is 1.03. The van der Waals surface area contributed by atoms with Crippen molar-refractivity contribution < 1.29 is 14.0 Å². The topological polar surface area (TPSA) is 40.6 Å². The van der Waals surface area contributed by atoms with Crippen LogP contribution in [0.5, 0.6) is 0 Å². The van der Waals surface area contributed by atoms with Gasteiger partial charge >= 0.3 is 0 Å². The van der Waals surface area contributed by atoms with E-state index in [0.29, 0.717) is 13.1 Å². The van der Waals surface area contributed by atoms with Crippen LogP contribution in [-0.2, 0) is 29.1 Å². The molecule has 0 bridgehead atoms. The van der Waals surface area contributed by atoms with E-state index < -0.39 is 0 Å². The van der Waals surface area contributed by atoms with E-state index in [1.54, 1.807) is 33.3 Å². The van der Waals surface area contributed by atoms with Gasteiger partial charge in [-0.1, -0.05) is 55.5 Å². The fourth-order valence-electron chi connectivity index (χ4n) is 3.46. The van der Waals surface area contributed by atoms with Gasteiger partial charge in [-0.15, -0.1) is 11.3 Å². The third kappa shape index (κ3) is 6.76. The van der Waals surface area contributed by atoms with Crippen molar-refractivity contribution in [1.82, 2.24) is 9.80 Å². The van der Waals surface area contributed by atoms with E-state index in [1.807, 2.05) is 61.7 Å². The summed E-state index contributed by atoms with van der Waals surface area (Å²) in [5.74, 6) is -0.486. The Morgan fingerprint density at radius 2 is 1.62 bits per heavy atom. The van der Waals surface area contributed by atoms with Crippen LogP contribution in [0.15, 0.2) is 72.1 Å². The number of rotatable bonds is 10. The van der Waals surface area contributed by atoms with Crippen LogP contribution in [0, 0.1) is 5.82 Å². The second-order valence-corrected chi connectivity index (χ2v) is 8.93. The summed E-state index contributed by atoms with van der Waals surface area (Å²) in [7, 11) is 0. The molecule has 1 heterocycles. The van der Waals surface area contributed by atoms with E-state index in [4.69, 9.17) is 0 Å². The van der Waals surface area contributed by atoms with Gasteiger partial charge in [0.1, 0.15) is 12.4 Å². The van der Waals surface area contributed by atoms with E-state index in [2.05, 4.69) is 0 Å². The molecule has 0 saturated carbocycles. The lowest BCUT2D eigenvalue weighted by molar-refractivity contribution is -0.142. The predicted octanol–water partition coefficient (Wildman–Crippen LogP) is 5.29. The van der Waals surface area contributed by atoms with E-state index in [0.717, 1.165) is 22.4 Å². The van der Waals surface area contributed by atoms with Gasteiger partial charge in [-0.2, -0.15) is 0 Å². The average molecular weight is 453 g/mol. The molecule has 0 saturated heterocycles. The second kappa shape index (κ2) is 11.6. The standard InChI is InChI=1S/C26H29FN2O2S/c1-3-20(2)29(25(30)16-21-8-5-4-6-9-21)19-26(31)28(18-24-10-7-15-32-24)17-22-11-13-23(27)14-12-22/h4-15,20H,3,16-19H2,1-2H3. The van der Waals surface area contributed by atoms with Crippen molar-refractivity contribution in [2.24, 2.45) is 0 Å². The molecular weight excluding hydrogens is 423 g/mol. The molecule has 1 unspecified atom stereocenters. The molecule has 0 fully saturated rings. The Morgan fingerprint density at radius 1 is 0.906 bits per heavy atom. The SMILES string of the molecule is CCC(C)N(CC(=O)N(Cc1ccc(F)cc1)Cc1cccs1)C(=O)Cc1ccccc1. The molecule has 0 spiro atoms. The number of nitrogens with zero attached hydrogens (tertiary/aromatic N) is 2. The molecule has 0 radical (unpaired) electrons. The van der Waals surface area contributed by atoms with Gasteiger partial charge in [-0.05, 0) is 48.1 Å². The second-order valence-electron chi connectivity index (χ2n) is 7.90. The van der Waals surface area contributed by atoms with E-state index in [-0.39, 0.29) is 36.6 Å². The average Bonchev–Trinajstić information content (AvgIpc) is 3.31. The molecule has 3 rings (SSSR count). The van der Waals surface area contributed by atoms with Gasteiger partial charge in [0.2, 0.25) is 11.8 Å². The van der Waals surface area contributed by atoms with Crippen LogP contribution < -0.4 is 0 Å². The summed E-state index contributed by atoms with van der Waals surface area (Å²) in [6, 6.07) is 19.7. The highest BCUT2D eigenvalue weighted by atomic mass is 32.1. The Balaban J connectivity index is 1.76. The minimum atomic E-state index is -0.306. The van der Waals surface area contributed by atoms with Crippen molar-refractivity contribution >= 4 is 23.2 Å². The smallest absolute Gasteiger partial charge is 0.242 e. The van der Waals surface area contributed by atoms with Gasteiger partial charge in [-0.25, -0.2) is 4.39 Å². The van der Waals surface area contributed by atoms with Crippen molar-refractivity contribution in [1.29, 1.82) is 0 Å². The minimum absolute atomic E-state index is 0.0211. The lowest BCUT2D eigenvalue weighted by atomic mass is 10.1. The van der Waals surface area contributed by atoms with Crippen LogP contribution in [0.1, 0.15) is 36.3 Å². The number of halogens is 1. The third-order valence-electron chi connectivity index (χ3n) is 5.51. The Labute approximate surface area is 193 Å². The maximum absolute atomic E-state index is 13.4. The summed E-state index contributed by atoms with van der Waals surface area (Å²) < 4.78 is 13.3. The predicted molar refractivity (Wildman–Crippen MR) is 127 cm³/mol. The maximum Gasteiger partial charge on any atom is 0.242 e. The highest BCUT2D eigenvalue weighted by molar-refractivity contribution is 7.09. The molecule has 168 valence electrons. The van der Waals surface area contributed by atoms with Crippen molar-refractivity contribution in [2.75, 3.05) is 6.54 Å². The van der Waals surface area contributed by atoms with Crippen molar-refractivity contribution in [3.05, 3.63) is 93.9 Å². The fourth-order valence-corrected chi connectivity index (χ4v) is 4.18. The molecule has 6 heteroatoms. The van der Waals surface area contributed by atoms with Crippen molar-refractivity contribution in [3.8, 4) is 0 Å². The van der Waals surface area contributed by atoms with Crippen LogP contribution in [0.25, 0.3) is 0 Å². The van der Waals surface area contributed by atoms with Gasteiger partial charge in [0, 0.05) is 17.5 Å². The third-order valence-corrected chi connectivity index (χ3v) is 6.37. The maximum atomic E-state index is 13.4. The number of hydrogen-bond donors (Lipinski definition) is 0. The normalized spacial score (nSPS) is 11.7. The molecular formula is C26H29FN2O2S. The largest absolute Gasteiger partial charge is 0.332 e. The first kappa shape index (κ1) is 23.7. The molecule has 3 aromatic rings. The zero-order chi connectivity index (χ0) is 22.9. The summed E-state index contributed by atoms with van der Waals surface area (Å²) >= 11 is 1.59. The molecule has 0 N–H and O–H groups in total. The first-order valence-corrected chi connectivity index (χ1v) is 11.7. The van der Waals surface area contributed by atoms with Crippen molar-refractivity contribution in [3.63, 3.8) is 0 Å². The minimum Gasteiger partial charge on any atom is -0.332 e. The highest BCUT2D eigenvalue weighted by Crippen LogP contribution is 2.17. The molecule has 0 aliphatic heterocycles. The lowest BCUT2D eigenvalue weighted by Gasteiger charge is -2.31. The Morgan fingerprint density at radius 3 is 2.25 bits per heavy atom. The number of benzene rings is 2. The fraction of sp³-hybridized carbons (Fsp3) is 0.308. The van der Waals surface area contributed by atoms with Crippen LogP contribution in [-0.4, -0.2) is 34.2 Å². The van der Waals surface area contributed by atoms with Crippen LogP contribution >= 0.6 is 11.3 Å². The molecule has 0 aliphatic carbocycles. The molecule has 0 aliphatic rings. The summed E-state index contributed by atoms with van der Waals surface area (Å²) in [5, 5.41) is 1.98. The molecule has 1 aromatic heterocycles. The van der Waals surface area contributed by atoms with Gasteiger partial charge in [0.05, 0.1) is 13.0 Å². The molecule has 1 atom stereocenters. The van der Waals surface area contributed by atoms with E-state index >= 15 is 0 Å². The summed E-state index contributed by atoms with van der Waals surface area (Å²) in [4.78, 5) is 31.0. The lowest BCUT2D eigenvalue weighted by Crippen LogP contribution is -2.46. The van der Waals surface area contributed by atoms with Crippen LogP contribution in [0.4, 0.5) is 4.39 Å². The first-order valence-electron chi connectivity index (χ1n) is 10.8. The van der Waals surface area contributed by atoms with Gasteiger partial charge in [0.15, 0.2) is 0 Å². The zero-order valence-electron chi connectivity index (χ0n) is 18.5. The Kier molecular flexibility index (Phi) is 8.56. The molecule has 4 nitrogen and oxygen atoms in total. The number of thiophene rings is 1. The Bertz CT molecular complexity index is 990.